The van der Waals surface area contributed by atoms with Gasteiger partial charge in [-0.25, -0.2) is 4.79 Å². The Morgan fingerprint density at radius 1 is 1.73 bits per heavy atom. The summed E-state index contributed by atoms with van der Waals surface area (Å²) in [4.78, 5) is 11.8. The lowest BCUT2D eigenvalue weighted by Crippen LogP contribution is -2.38. The standard InChI is InChI=1S/C7H12N2O2/c8-6-3-1-2-4-9(5-6)7(10)11/h1,3,6H,2,4-5,8H2,(H,10,11)/t6-/m1/s1. The lowest BCUT2D eigenvalue weighted by Gasteiger charge is -2.18. The van der Waals surface area contributed by atoms with Crippen LogP contribution in [0.15, 0.2) is 12.2 Å². The van der Waals surface area contributed by atoms with Crippen LogP contribution in [0.4, 0.5) is 4.79 Å². The molecule has 0 saturated carbocycles. The van der Waals surface area contributed by atoms with Crippen LogP contribution in [0, 0.1) is 0 Å². The third-order valence-electron chi connectivity index (χ3n) is 1.65. The van der Waals surface area contributed by atoms with Crippen molar-refractivity contribution in [3.05, 3.63) is 12.2 Å². The van der Waals surface area contributed by atoms with E-state index in [1.807, 2.05) is 12.2 Å². The number of nitrogens with two attached hydrogens (primary N) is 1. The van der Waals surface area contributed by atoms with Gasteiger partial charge in [0.05, 0.1) is 0 Å². The average molecular weight is 156 g/mol. The third kappa shape index (κ3) is 2.23. The highest BCUT2D eigenvalue weighted by atomic mass is 16.4. The van der Waals surface area contributed by atoms with Gasteiger partial charge >= 0.3 is 6.09 Å². The summed E-state index contributed by atoms with van der Waals surface area (Å²) in [6.07, 6.45) is 3.65. The zero-order chi connectivity index (χ0) is 8.27. The third-order valence-corrected chi connectivity index (χ3v) is 1.65. The molecule has 1 rings (SSSR count). The highest BCUT2D eigenvalue weighted by Crippen LogP contribution is 2.01. The van der Waals surface area contributed by atoms with Crippen molar-refractivity contribution in [3.8, 4) is 0 Å². The lowest BCUT2D eigenvalue weighted by atomic mass is 10.3. The average Bonchev–Trinajstić information content (AvgIpc) is 2.13. The minimum atomic E-state index is -0.885. The molecule has 11 heavy (non-hydrogen) atoms. The van der Waals surface area contributed by atoms with Crippen LogP contribution in [0.1, 0.15) is 6.42 Å². The van der Waals surface area contributed by atoms with Gasteiger partial charge in [0.1, 0.15) is 0 Å². The number of carboxylic acid groups (broad SMARTS) is 1. The van der Waals surface area contributed by atoms with Crippen molar-refractivity contribution >= 4 is 6.09 Å². The van der Waals surface area contributed by atoms with Crippen LogP contribution < -0.4 is 5.73 Å². The van der Waals surface area contributed by atoms with Gasteiger partial charge in [0.15, 0.2) is 0 Å². The van der Waals surface area contributed by atoms with Crippen molar-refractivity contribution < 1.29 is 9.90 Å². The zero-order valence-electron chi connectivity index (χ0n) is 6.23. The van der Waals surface area contributed by atoms with Gasteiger partial charge in [0.25, 0.3) is 0 Å². The lowest BCUT2D eigenvalue weighted by molar-refractivity contribution is 0.146. The van der Waals surface area contributed by atoms with E-state index in [1.54, 1.807) is 0 Å². The van der Waals surface area contributed by atoms with E-state index in [9.17, 15) is 4.79 Å². The van der Waals surface area contributed by atoms with Gasteiger partial charge in [0.2, 0.25) is 0 Å². The molecule has 0 bridgehead atoms. The maximum atomic E-state index is 10.5. The summed E-state index contributed by atoms with van der Waals surface area (Å²) in [6.45, 7) is 0.964. The zero-order valence-corrected chi connectivity index (χ0v) is 6.23. The molecule has 1 amide bonds. The summed E-state index contributed by atoms with van der Waals surface area (Å²) in [5.74, 6) is 0. The summed E-state index contributed by atoms with van der Waals surface area (Å²) in [7, 11) is 0. The highest BCUT2D eigenvalue weighted by molar-refractivity contribution is 5.65. The molecule has 1 aliphatic heterocycles. The Balaban J connectivity index is 2.52. The van der Waals surface area contributed by atoms with Crippen LogP contribution >= 0.6 is 0 Å². The molecule has 1 aliphatic rings. The molecule has 0 fully saturated rings. The summed E-state index contributed by atoms with van der Waals surface area (Å²) >= 11 is 0. The fraction of sp³-hybridized carbons (Fsp3) is 0.571. The number of amides is 1. The summed E-state index contributed by atoms with van der Waals surface area (Å²) < 4.78 is 0. The minimum absolute atomic E-state index is 0.145. The van der Waals surface area contributed by atoms with Crippen LogP contribution in [0.3, 0.4) is 0 Å². The maximum Gasteiger partial charge on any atom is 0.407 e. The van der Waals surface area contributed by atoms with E-state index in [0.717, 1.165) is 6.42 Å². The van der Waals surface area contributed by atoms with Crippen LogP contribution in [-0.4, -0.2) is 35.2 Å². The molecule has 4 heteroatoms. The van der Waals surface area contributed by atoms with E-state index < -0.39 is 6.09 Å². The Morgan fingerprint density at radius 3 is 3.09 bits per heavy atom. The van der Waals surface area contributed by atoms with E-state index in [2.05, 4.69) is 0 Å². The van der Waals surface area contributed by atoms with Crippen LogP contribution in [0.25, 0.3) is 0 Å². The Labute approximate surface area is 65.3 Å². The number of hydrogen-bond donors (Lipinski definition) is 2. The van der Waals surface area contributed by atoms with Crippen molar-refractivity contribution in [2.75, 3.05) is 13.1 Å². The molecule has 3 N–H and O–H groups in total. The smallest absolute Gasteiger partial charge is 0.407 e. The SMILES string of the molecule is N[C@@H]1C=CCCN(C(=O)O)C1. The molecule has 0 unspecified atom stereocenters. The first kappa shape index (κ1) is 8.07. The highest BCUT2D eigenvalue weighted by Gasteiger charge is 2.15. The van der Waals surface area contributed by atoms with E-state index >= 15 is 0 Å². The fourth-order valence-corrected chi connectivity index (χ4v) is 1.08. The Hall–Kier alpha value is -1.03. The van der Waals surface area contributed by atoms with Crippen molar-refractivity contribution in [2.45, 2.75) is 12.5 Å². The van der Waals surface area contributed by atoms with Crippen LogP contribution in [0.2, 0.25) is 0 Å². The van der Waals surface area contributed by atoms with E-state index in [1.165, 1.54) is 4.90 Å². The second-order valence-corrected chi connectivity index (χ2v) is 2.61. The first-order chi connectivity index (χ1) is 5.20. The molecule has 0 spiro atoms. The Bertz CT molecular complexity index is 179. The summed E-state index contributed by atoms with van der Waals surface area (Å²) in [6, 6.07) is -0.145. The fourth-order valence-electron chi connectivity index (χ4n) is 1.08. The molecule has 0 radical (unpaired) electrons. The molecule has 0 aliphatic carbocycles. The van der Waals surface area contributed by atoms with Crippen LogP contribution in [0.5, 0.6) is 0 Å². The molecule has 0 saturated heterocycles. The second kappa shape index (κ2) is 3.39. The van der Waals surface area contributed by atoms with Crippen LogP contribution in [-0.2, 0) is 0 Å². The van der Waals surface area contributed by atoms with Gasteiger partial charge in [0, 0.05) is 19.1 Å². The molecular formula is C7H12N2O2. The van der Waals surface area contributed by atoms with E-state index in [0.29, 0.717) is 13.1 Å². The monoisotopic (exact) mass is 156 g/mol. The molecule has 4 nitrogen and oxygen atoms in total. The summed E-state index contributed by atoms with van der Waals surface area (Å²) in [5, 5.41) is 8.62. The molecule has 0 aromatic heterocycles. The van der Waals surface area contributed by atoms with Gasteiger partial charge in [-0.15, -0.1) is 0 Å². The quantitative estimate of drug-likeness (QED) is 0.494. The molecule has 62 valence electrons. The molecule has 1 atom stereocenters. The molecule has 0 aromatic carbocycles. The second-order valence-electron chi connectivity index (χ2n) is 2.61. The maximum absolute atomic E-state index is 10.5. The van der Waals surface area contributed by atoms with Gasteiger partial charge in [-0.2, -0.15) is 0 Å². The van der Waals surface area contributed by atoms with Gasteiger partial charge in [-0.05, 0) is 6.42 Å². The minimum Gasteiger partial charge on any atom is -0.465 e. The topological polar surface area (TPSA) is 66.6 Å². The number of carbonyl (C=O) groups is 1. The number of rotatable bonds is 0. The predicted octanol–water partition coefficient (Wildman–Crippen LogP) is 0.254. The van der Waals surface area contributed by atoms with Crippen molar-refractivity contribution in [2.24, 2.45) is 5.73 Å². The van der Waals surface area contributed by atoms with Gasteiger partial charge in [-0.1, -0.05) is 12.2 Å². The van der Waals surface area contributed by atoms with Gasteiger partial charge < -0.3 is 15.7 Å². The molecule has 0 aromatic rings. The first-order valence-corrected chi connectivity index (χ1v) is 3.60. The molecule has 1 heterocycles. The van der Waals surface area contributed by atoms with Gasteiger partial charge in [-0.3, -0.25) is 0 Å². The van der Waals surface area contributed by atoms with Crippen molar-refractivity contribution in [1.29, 1.82) is 0 Å². The normalized spacial score (nSPS) is 24.8. The number of nitrogens with zero attached hydrogens (tertiary/aromatic N) is 1. The summed E-state index contributed by atoms with van der Waals surface area (Å²) in [5.41, 5.74) is 5.57. The number of hydrogen-bond acceptors (Lipinski definition) is 2. The van der Waals surface area contributed by atoms with E-state index in [-0.39, 0.29) is 6.04 Å². The largest absolute Gasteiger partial charge is 0.465 e. The molecular weight excluding hydrogens is 144 g/mol. The Morgan fingerprint density at radius 2 is 2.45 bits per heavy atom. The Kier molecular flexibility index (Phi) is 2.48. The first-order valence-electron chi connectivity index (χ1n) is 3.60. The van der Waals surface area contributed by atoms with Crippen molar-refractivity contribution in [1.82, 2.24) is 4.90 Å². The van der Waals surface area contributed by atoms with E-state index in [4.69, 9.17) is 10.8 Å². The van der Waals surface area contributed by atoms with Crippen molar-refractivity contribution in [3.63, 3.8) is 0 Å². The predicted molar refractivity (Wildman–Crippen MR) is 41.3 cm³/mol.